The Bertz CT molecular complexity index is 353. The number of benzene rings is 1. The second-order valence-corrected chi connectivity index (χ2v) is 4.59. The third-order valence-electron chi connectivity index (χ3n) is 2.81. The third kappa shape index (κ3) is 5.97. The molecule has 0 amide bonds. The summed E-state index contributed by atoms with van der Waals surface area (Å²) in [7, 11) is 0. The van der Waals surface area contributed by atoms with E-state index >= 15 is 0 Å². The number of hydrogen-bond acceptors (Lipinski definition) is 3. The van der Waals surface area contributed by atoms with E-state index in [0.29, 0.717) is 6.61 Å². The molecule has 1 N–H and O–H groups in total. The van der Waals surface area contributed by atoms with Gasteiger partial charge in [0.1, 0.15) is 0 Å². The van der Waals surface area contributed by atoms with E-state index in [9.17, 15) is 0 Å². The summed E-state index contributed by atoms with van der Waals surface area (Å²) in [6.07, 6.45) is 3.45. The molecule has 0 radical (unpaired) electrons. The van der Waals surface area contributed by atoms with Gasteiger partial charge in [-0.1, -0.05) is 26.3 Å². The molecule has 0 heterocycles. The highest BCUT2D eigenvalue weighted by Crippen LogP contribution is 2.28. The Morgan fingerprint density at radius 3 is 2.53 bits per heavy atom. The smallest absolute Gasteiger partial charge is 0.161 e. The maximum absolute atomic E-state index is 5.69. The van der Waals surface area contributed by atoms with Crippen LogP contribution in [0, 0.1) is 0 Å². The van der Waals surface area contributed by atoms with Crippen LogP contribution in [-0.4, -0.2) is 19.8 Å². The van der Waals surface area contributed by atoms with Gasteiger partial charge in [0.25, 0.3) is 0 Å². The summed E-state index contributed by atoms with van der Waals surface area (Å²) in [6, 6.07) is 6.19. The van der Waals surface area contributed by atoms with Crippen LogP contribution in [0.4, 0.5) is 0 Å². The predicted molar refractivity (Wildman–Crippen MR) is 80.0 cm³/mol. The number of nitrogens with one attached hydrogen (secondary N) is 1. The standard InChI is InChI=1S/C16H27NO2/c1-4-7-10-17-13-14-8-9-15(19-11-5-2)16(12-14)18-6-3/h8-9,12,17H,4-7,10-11,13H2,1-3H3. The molecule has 3 nitrogen and oxygen atoms in total. The van der Waals surface area contributed by atoms with E-state index in [-0.39, 0.29) is 0 Å². The lowest BCUT2D eigenvalue weighted by Gasteiger charge is -2.13. The topological polar surface area (TPSA) is 30.5 Å². The van der Waals surface area contributed by atoms with Crippen LogP contribution in [0.15, 0.2) is 18.2 Å². The molecule has 3 heteroatoms. The van der Waals surface area contributed by atoms with Crippen LogP contribution in [0.5, 0.6) is 11.5 Å². The summed E-state index contributed by atoms with van der Waals surface area (Å²) in [5, 5.41) is 3.44. The van der Waals surface area contributed by atoms with Crippen molar-refractivity contribution in [2.45, 2.75) is 46.6 Å². The van der Waals surface area contributed by atoms with Gasteiger partial charge in [0.2, 0.25) is 0 Å². The van der Waals surface area contributed by atoms with E-state index in [0.717, 1.165) is 37.6 Å². The van der Waals surface area contributed by atoms with Crippen molar-refractivity contribution in [1.29, 1.82) is 0 Å². The molecule has 0 aliphatic carbocycles. The number of hydrogen-bond donors (Lipinski definition) is 1. The molecular weight excluding hydrogens is 238 g/mol. The molecule has 0 atom stereocenters. The molecule has 0 aliphatic rings. The Balaban J connectivity index is 2.60. The van der Waals surface area contributed by atoms with E-state index in [4.69, 9.17) is 9.47 Å². The summed E-state index contributed by atoms with van der Waals surface area (Å²) in [5.74, 6) is 1.70. The fraction of sp³-hybridized carbons (Fsp3) is 0.625. The molecular formula is C16H27NO2. The average Bonchev–Trinajstić information content (AvgIpc) is 2.43. The van der Waals surface area contributed by atoms with Gasteiger partial charge < -0.3 is 14.8 Å². The van der Waals surface area contributed by atoms with Gasteiger partial charge in [-0.3, -0.25) is 0 Å². The van der Waals surface area contributed by atoms with Crippen molar-refractivity contribution in [1.82, 2.24) is 5.32 Å². The third-order valence-corrected chi connectivity index (χ3v) is 2.81. The first-order valence-corrected chi connectivity index (χ1v) is 7.41. The minimum absolute atomic E-state index is 0.662. The molecule has 0 bridgehead atoms. The zero-order valence-electron chi connectivity index (χ0n) is 12.5. The van der Waals surface area contributed by atoms with Crippen molar-refractivity contribution >= 4 is 0 Å². The van der Waals surface area contributed by atoms with Crippen molar-refractivity contribution in [3.05, 3.63) is 23.8 Å². The normalized spacial score (nSPS) is 10.5. The van der Waals surface area contributed by atoms with Gasteiger partial charge in [0.15, 0.2) is 11.5 Å². The van der Waals surface area contributed by atoms with Gasteiger partial charge in [-0.25, -0.2) is 0 Å². The van der Waals surface area contributed by atoms with E-state index in [1.807, 2.05) is 13.0 Å². The average molecular weight is 265 g/mol. The molecule has 0 saturated carbocycles. The predicted octanol–water partition coefficient (Wildman–Crippen LogP) is 3.76. The minimum Gasteiger partial charge on any atom is -0.490 e. The largest absolute Gasteiger partial charge is 0.490 e. The molecule has 0 fully saturated rings. The number of unbranched alkanes of at least 4 members (excludes halogenated alkanes) is 1. The summed E-state index contributed by atoms with van der Waals surface area (Å²) in [6.45, 7) is 9.64. The van der Waals surface area contributed by atoms with E-state index in [2.05, 4.69) is 31.3 Å². The molecule has 1 aromatic rings. The number of ether oxygens (including phenoxy) is 2. The lowest BCUT2D eigenvalue weighted by atomic mass is 10.2. The van der Waals surface area contributed by atoms with E-state index < -0.39 is 0 Å². The summed E-state index contributed by atoms with van der Waals surface area (Å²) < 4.78 is 11.3. The molecule has 1 aromatic carbocycles. The Labute approximate surface area is 117 Å². The Morgan fingerprint density at radius 2 is 1.84 bits per heavy atom. The quantitative estimate of drug-likeness (QED) is 0.653. The van der Waals surface area contributed by atoms with Gasteiger partial charge >= 0.3 is 0 Å². The van der Waals surface area contributed by atoms with Crippen LogP contribution >= 0.6 is 0 Å². The van der Waals surface area contributed by atoms with Gasteiger partial charge in [-0.05, 0) is 44.0 Å². The van der Waals surface area contributed by atoms with Crippen LogP contribution in [-0.2, 0) is 6.54 Å². The second kappa shape index (κ2) is 9.68. The van der Waals surface area contributed by atoms with E-state index in [1.54, 1.807) is 0 Å². The Hall–Kier alpha value is -1.22. The highest BCUT2D eigenvalue weighted by molar-refractivity contribution is 5.43. The number of rotatable bonds is 10. The monoisotopic (exact) mass is 265 g/mol. The maximum Gasteiger partial charge on any atom is 0.161 e. The SMILES string of the molecule is CCCCNCc1ccc(OCCC)c(OCC)c1. The van der Waals surface area contributed by atoms with Crippen LogP contribution in [0.2, 0.25) is 0 Å². The zero-order valence-corrected chi connectivity index (χ0v) is 12.5. The van der Waals surface area contributed by atoms with Gasteiger partial charge in [-0.2, -0.15) is 0 Å². The molecule has 0 saturated heterocycles. The fourth-order valence-electron chi connectivity index (χ4n) is 1.80. The van der Waals surface area contributed by atoms with Crippen LogP contribution in [0.25, 0.3) is 0 Å². The summed E-state index contributed by atoms with van der Waals surface area (Å²) in [4.78, 5) is 0. The Kier molecular flexibility index (Phi) is 8.07. The van der Waals surface area contributed by atoms with Crippen LogP contribution < -0.4 is 14.8 Å². The van der Waals surface area contributed by atoms with Crippen molar-refractivity contribution in [2.24, 2.45) is 0 Å². The highest BCUT2D eigenvalue weighted by atomic mass is 16.5. The molecule has 0 aliphatic heterocycles. The molecule has 108 valence electrons. The molecule has 1 rings (SSSR count). The molecule has 19 heavy (non-hydrogen) atoms. The lowest BCUT2D eigenvalue weighted by molar-refractivity contribution is 0.276. The second-order valence-electron chi connectivity index (χ2n) is 4.59. The minimum atomic E-state index is 0.662. The zero-order chi connectivity index (χ0) is 13.9. The summed E-state index contributed by atoms with van der Waals surface area (Å²) >= 11 is 0. The highest BCUT2D eigenvalue weighted by Gasteiger charge is 2.06. The van der Waals surface area contributed by atoms with Crippen LogP contribution in [0.1, 0.15) is 45.6 Å². The van der Waals surface area contributed by atoms with Gasteiger partial charge in [-0.15, -0.1) is 0 Å². The Morgan fingerprint density at radius 1 is 1.00 bits per heavy atom. The van der Waals surface area contributed by atoms with Gasteiger partial charge in [0, 0.05) is 6.54 Å². The van der Waals surface area contributed by atoms with Gasteiger partial charge in [0.05, 0.1) is 13.2 Å². The van der Waals surface area contributed by atoms with E-state index in [1.165, 1.54) is 18.4 Å². The van der Waals surface area contributed by atoms with Crippen molar-refractivity contribution in [3.63, 3.8) is 0 Å². The summed E-state index contributed by atoms with van der Waals surface area (Å²) in [5.41, 5.74) is 1.24. The lowest BCUT2D eigenvalue weighted by Crippen LogP contribution is -2.14. The molecule has 0 unspecified atom stereocenters. The van der Waals surface area contributed by atoms with Crippen molar-refractivity contribution in [3.8, 4) is 11.5 Å². The first kappa shape index (κ1) is 15.8. The van der Waals surface area contributed by atoms with Crippen LogP contribution in [0.3, 0.4) is 0 Å². The first-order chi connectivity index (χ1) is 9.31. The van der Waals surface area contributed by atoms with Crippen molar-refractivity contribution < 1.29 is 9.47 Å². The van der Waals surface area contributed by atoms with Crippen molar-refractivity contribution in [2.75, 3.05) is 19.8 Å². The maximum atomic E-state index is 5.69. The first-order valence-electron chi connectivity index (χ1n) is 7.41. The fourth-order valence-corrected chi connectivity index (χ4v) is 1.80. The molecule has 0 spiro atoms. The molecule has 0 aromatic heterocycles.